The average molecular weight is 399 g/mol. The Balaban J connectivity index is 2.00. The lowest BCUT2D eigenvalue weighted by Gasteiger charge is -2.18. The topological polar surface area (TPSA) is 117 Å². The van der Waals surface area contributed by atoms with Crippen molar-refractivity contribution in [3.63, 3.8) is 0 Å². The summed E-state index contributed by atoms with van der Waals surface area (Å²) in [7, 11) is 1.77. The molecule has 2 aromatic carbocycles. The molecule has 2 rings (SSSR count). The van der Waals surface area contributed by atoms with Gasteiger partial charge in [0.15, 0.2) is 0 Å². The van der Waals surface area contributed by atoms with E-state index in [0.717, 1.165) is 5.56 Å². The summed E-state index contributed by atoms with van der Waals surface area (Å²) in [6, 6.07) is 14.5. The molecule has 4 N–H and O–H groups in total. The van der Waals surface area contributed by atoms with E-state index in [9.17, 15) is 14.4 Å². The predicted octanol–water partition coefficient (Wildman–Crippen LogP) is 1.56. The number of rotatable bonds is 10. The van der Waals surface area contributed by atoms with E-state index >= 15 is 0 Å². The molecule has 0 unspecified atom stereocenters. The molecule has 154 valence electrons. The Morgan fingerprint density at radius 1 is 0.966 bits per heavy atom. The standard InChI is InChI=1S/C21H25N3O5/c1-22-11-12-23-19(25)18(13-15-7-9-17(10-8-15)20(26)27)24-21(28)29-14-16-5-3-2-4-6-16/h2-10,18,22H,11-14H2,1H3,(H,23,25)(H,24,28)(H,26,27)/t18-/m0/s1. The molecule has 2 amide bonds. The van der Waals surface area contributed by atoms with Gasteiger partial charge in [-0.2, -0.15) is 0 Å². The van der Waals surface area contributed by atoms with E-state index < -0.39 is 18.1 Å². The van der Waals surface area contributed by atoms with Gasteiger partial charge in [-0.25, -0.2) is 9.59 Å². The number of alkyl carbamates (subject to hydrolysis) is 1. The molecule has 0 bridgehead atoms. The van der Waals surface area contributed by atoms with E-state index in [1.54, 1.807) is 19.2 Å². The zero-order valence-corrected chi connectivity index (χ0v) is 16.2. The van der Waals surface area contributed by atoms with Crippen molar-refractivity contribution in [2.45, 2.75) is 19.1 Å². The van der Waals surface area contributed by atoms with Gasteiger partial charge in [-0.3, -0.25) is 4.79 Å². The molecular weight excluding hydrogens is 374 g/mol. The molecule has 8 heteroatoms. The number of hydrogen-bond acceptors (Lipinski definition) is 5. The monoisotopic (exact) mass is 399 g/mol. The van der Waals surface area contributed by atoms with Crippen molar-refractivity contribution in [2.24, 2.45) is 0 Å². The molecule has 0 aliphatic carbocycles. The van der Waals surface area contributed by atoms with Crippen LogP contribution in [0.5, 0.6) is 0 Å². The summed E-state index contributed by atoms with van der Waals surface area (Å²) < 4.78 is 5.20. The Morgan fingerprint density at radius 3 is 2.28 bits per heavy atom. The van der Waals surface area contributed by atoms with Gasteiger partial charge in [0, 0.05) is 19.5 Å². The Hall–Kier alpha value is -3.39. The van der Waals surface area contributed by atoms with E-state index in [-0.39, 0.29) is 24.5 Å². The maximum Gasteiger partial charge on any atom is 0.408 e. The Labute approximate surface area is 169 Å². The zero-order chi connectivity index (χ0) is 21.1. The fraction of sp³-hybridized carbons (Fsp3) is 0.286. The maximum absolute atomic E-state index is 12.5. The van der Waals surface area contributed by atoms with Crippen LogP contribution in [0.15, 0.2) is 54.6 Å². The number of benzene rings is 2. The van der Waals surface area contributed by atoms with Gasteiger partial charge in [-0.1, -0.05) is 42.5 Å². The van der Waals surface area contributed by atoms with Crippen LogP contribution in [0, 0.1) is 0 Å². The van der Waals surface area contributed by atoms with Crippen molar-refractivity contribution in [3.05, 3.63) is 71.3 Å². The van der Waals surface area contributed by atoms with E-state index in [2.05, 4.69) is 16.0 Å². The van der Waals surface area contributed by atoms with Crippen molar-refractivity contribution in [1.82, 2.24) is 16.0 Å². The van der Waals surface area contributed by atoms with Crippen LogP contribution in [0.3, 0.4) is 0 Å². The van der Waals surface area contributed by atoms with Crippen LogP contribution < -0.4 is 16.0 Å². The second kappa shape index (κ2) is 11.5. The lowest BCUT2D eigenvalue weighted by atomic mass is 10.0. The van der Waals surface area contributed by atoms with Crippen molar-refractivity contribution >= 4 is 18.0 Å². The molecule has 0 saturated carbocycles. The van der Waals surface area contributed by atoms with Crippen LogP contribution in [-0.2, 0) is 22.6 Å². The highest BCUT2D eigenvalue weighted by atomic mass is 16.5. The van der Waals surface area contributed by atoms with Crippen molar-refractivity contribution in [1.29, 1.82) is 0 Å². The van der Waals surface area contributed by atoms with Crippen LogP contribution in [0.4, 0.5) is 4.79 Å². The molecule has 0 spiro atoms. The van der Waals surface area contributed by atoms with E-state index in [1.807, 2.05) is 30.3 Å². The molecule has 0 aliphatic heterocycles. The van der Waals surface area contributed by atoms with Gasteiger partial charge in [-0.15, -0.1) is 0 Å². The first-order chi connectivity index (χ1) is 14.0. The highest BCUT2D eigenvalue weighted by molar-refractivity contribution is 5.88. The number of likely N-dealkylation sites (N-methyl/N-ethyl adjacent to an activating group) is 1. The predicted molar refractivity (Wildman–Crippen MR) is 108 cm³/mol. The third-order valence-corrected chi connectivity index (χ3v) is 4.14. The van der Waals surface area contributed by atoms with Gasteiger partial charge in [0.2, 0.25) is 5.91 Å². The molecule has 0 fully saturated rings. The largest absolute Gasteiger partial charge is 0.478 e. The van der Waals surface area contributed by atoms with Crippen LogP contribution in [0.25, 0.3) is 0 Å². The Bertz CT molecular complexity index is 809. The molecule has 8 nitrogen and oxygen atoms in total. The molecule has 29 heavy (non-hydrogen) atoms. The fourth-order valence-electron chi connectivity index (χ4n) is 2.57. The summed E-state index contributed by atoms with van der Waals surface area (Å²) in [5.41, 5.74) is 1.70. The molecule has 0 aliphatic rings. The number of carbonyl (C=O) groups is 3. The fourth-order valence-corrected chi connectivity index (χ4v) is 2.57. The van der Waals surface area contributed by atoms with Crippen LogP contribution >= 0.6 is 0 Å². The second-order valence-electron chi connectivity index (χ2n) is 6.36. The molecule has 2 aromatic rings. The summed E-state index contributed by atoms with van der Waals surface area (Å²) in [6.45, 7) is 1.09. The van der Waals surface area contributed by atoms with Gasteiger partial charge >= 0.3 is 12.1 Å². The highest BCUT2D eigenvalue weighted by Crippen LogP contribution is 2.08. The number of nitrogens with one attached hydrogen (secondary N) is 3. The minimum absolute atomic E-state index is 0.0913. The molecule has 0 saturated heterocycles. The molecule has 0 aromatic heterocycles. The van der Waals surface area contributed by atoms with Gasteiger partial charge in [0.25, 0.3) is 0 Å². The smallest absolute Gasteiger partial charge is 0.408 e. The highest BCUT2D eigenvalue weighted by Gasteiger charge is 2.22. The van der Waals surface area contributed by atoms with E-state index in [1.165, 1.54) is 12.1 Å². The minimum atomic E-state index is -1.03. The number of amides is 2. The van der Waals surface area contributed by atoms with Crippen LogP contribution in [0.2, 0.25) is 0 Å². The molecule has 0 heterocycles. The lowest BCUT2D eigenvalue weighted by molar-refractivity contribution is -0.123. The van der Waals surface area contributed by atoms with Crippen LogP contribution in [0.1, 0.15) is 21.5 Å². The zero-order valence-electron chi connectivity index (χ0n) is 16.2. The third-order valence-electron chi connectivity index (χ3n) is 4.14. The SMILES string of the molecule is CNCCNC(=O)[C@H](Cc1ccc(C(=O)O)cc1)NC(=O)OCc1ccccc1. The second-order valence-corrected chi connectivity index (χ2v) is 6.36. The molecule has 1 atom stereocenters. The number of carboxylic acids is 1. The van der Waals surface area contributed by atoms with Gasteiger partial charge < -0.3 is 25.8 Å². The average Bonchev–Trinajstić information content (AvgIpc) is 2.73. The summed E-state index contributed by atoms with van der Waals surface area (Å²) >= 11 is 0. The van der Waals surface area contributed by atoms with Crippen molar-refractivity contribution < 1.29 is 24.2 Å². The van der Waals surface area contributed by atoms with E-state index in [4.69, 9.17) is 9.84 Å². The quantitative estimate of drug-likeness (QED) is 0.451. The summed E-state index contributed by atoms with van der Waals surface area (Å²) in [6.07, 6.45) is -0.504. The first-order valence-corrected chi connectivity index (χ1v) is 9.21. The van der Waals surface area contributed by atoms with Crippen molar-refractivity contribution in [3.8, 4) is 0 Å². The number of hydrogen-bond donors (Lipinski definition) is 4. The van der Waals surface area contributed by atoms with Gasteiger partial charge in [0.05, 0.1) is 5.56 Å². The van der Waals surface area contributed by atoms with Crippen LogP contribution in [-0.4, -0.2) is 49.3 Å². The molecular formula is C21H25N3O5. The third kappa shape index (κ3) is 7.63. The number of carboxylic acid groups (broad SMARTS) is 1. The summed E-state index contributed by atoms with van der Waals surface area (Å²) in [5, 5.41) is 17.3. The van der Waals surface area contributed by atoms with Gasteiger partial charge in [-0.05, 0) is 30.3 Å². The minimum Gasteiger partial charge on any atom is -0.478 e. The van der Waals surface area contributed by atoms with Crippen molar-refractivity contribution in [2.75, 3.05) is 20.1 Å². The normalized spacial score (nSPS) is 11.3. The Kier molecular flexibility index (Phi) is 8.65. The lowest BCUT2D eigenvalue weighted by Crippen LogP contribution is -2.49. The summed E-state index contributed by atoms with van der Waals surface area (Å²) in [4.78, 5) is 35.7. The Morgan fingerprint density at radius 2 is 1.66 bits per heavy atom. The number of carbonyl (C=O) groups excluding carboxylic acids is 2. The maximum atomic E-state index is 12.5. The van der Waals surface area contributed by atoms with E-state index in [0.29, 0.717) is 18.7 Å². The number of ether oxygens (including phenoxy) is 1. The first kappa shape index (κ1) is 21.9. The summed E-state index contributed by atoms with van der Waals surface area (Å²) in [5.74, 6) is -1.38. The molecule has 0 radical (unpaired) electrons. The van der Waals surface area contributed by atoms with Gasteiger partial charge in [0.1, 0.15) is 12.6 Å². The number of aromatic carboxylic acids is 1. The first-order valence-electron chi connectivity index (χ1n) is 9.21.